The van der Waals surface area contributed by atoms with Crippen molar-refractivity contribution in [2.75, 3.05) is 0 Å². The van der Waals surface area contributed by atoms with Gasteiger partial charge in [-0.3, -0.25) is 0 Å². The Morgan fingerprint density at radius 1 is 1.26 bits per heavy atom. The van der Waals surface area contributed by atoms with Gasteiger partial charge in [0.25, 0.3) is 0 Å². The number of urea groups is 1. The lowest BCUT2D eigenvalue weighted by Crippen LogP contribution is -2.55. The fourth-order valence-electron chi connectivity index (χ4n) is 3.49. The Kier molecular flexibility index (Phi) is 3.98. The molecule has 2 aliphatic rings. The van der Waals surface area contributed by atoms with Gasteiger partial charge in [0.05, 0.1) is 5.56 Å². The predicted molar refractivity (Wildman–Crippen MR) is 76.1 cm³/mol. The number of halogens is 4. The second kappa shape index (κ2) is 5.69. The van der Waals surface area contributed by atoms with E-state index in [1.165, 1.54) is 25.3 Å². The Hall–Kier alpha value is -1.79. The SMILES string of the molecule is O=C(NCc1ccc(F)c(C(F)(F)F)c1)NC1CC2(CCC2)C1. The maximum absolute atomic E-state index is 13.2. The standard InChI is InChI=1S/C16H18F4N2O/c17-13-3-2-10(6-12(13)16(18,19)20)9-21-14(23)22-11-7-15(8-11)4-1-5-15/h2-3,6,11H,1,4-5,7-9H2,(H2,21,22,23). The molecule has 2 saturated carbocycles. The third-order valence-electron chi connectivity index (χ3n) is 4.90. The number of benzene rings is 1. The lowest BCUT2D eigenvalue weighted by Gasteiger charge is -2.54. The lowest BCUT2D eigenvalue weighted by atomic mass is 9.54. The molecule has 0 aliphatic heterocycles. The molecule has 2 aliphatic carbocycles. The Labute approximate surface area is 131 Å². The normalized spacial score (nSPS) is 19.8. The first-order chi connectivity index (χ1) is 10.8. The van der Waals surface area contributed by atoms with Gasteiger partial charge in [-0.15, -0.1) is 0 Å². The molecule has 0 aromatic heterocycles. The van der Waals surface area contributed by atoms with Crippen LogP contribution < -0.4 is 10.6 Å². The van der Waals surface area contributed by atoms with Gasteiger partial charge in [0.2, 0.25) is 0 Å². The maximum atomic E-state index is 13.2. The van der Waals surface area contributed by atoms with Gasteiger partial charge in [0.15, 0.2) is 0 Å². The average Bonchev–Trinajstić information content (AvgIpc) is 2.38. The van der Waals surface area contributed by atoms with Crippen molar-refractivity contribution >= 4 is 6.03 Å². The van der Waals surface area contributed by atoms with E-state index in [0.29, 0.717) is 5.41 Å². The molecule has 1 aromatic rings. The number of hydrogen-bond acceptors (Lipinski definition) is 1. The monoisotopic (exact) mass is 330 g/mol. The summed E-state index contributed by atoms with van der Waals surface area (Å²) in [6.45, 7) is -0.0763. The molecule has 0 unspecified atom stereocenters. The van der Waals surface area contributed by atoms with E-state index in [-0.39, 0.29) is 18.2 Å². The molecule has 1 spiro atoms. The van der Waals surface area contributed by atoms with Crippen LogP contribution in [-0.4, -0.2) is 12.1 Å². The summed E-state index contributed by atoms with van der Waals surface area (Å²) in [5, 5.41) is 5.34. The third kappa shape index (κ3) is 3.43. The van der Waals surface area contributed by atoms with Crippen molar-refractivity contribution in [3.8, 4) is 0 Å². The fraction of sp³-hybridized carbons (Fsp3) is 0.562. The van der Waals surface area contributed by atoms with Crippen molar-refractivity contribution < 1.29 is 22.4 Å². The van der Waals surface area contributed by atoms with Crippen LogP contribution in [0.25, 0.3) is 0 Å². The second-order valence-corrected chi connectivity index (χ2v) is 6.60. The van der Waals surface area contributed by atoms with Crippen LogP contribution in [-0.2, 0) is 12.7 Å². The van der Waals surface area contributed by atoms with Gasteiger partial charge in [0, 0.05) is 12.6 Å². The van der Waals surface area contributed by atoms with Crippen molar-refractivity contribution in [1.82, 2.24) is 10.6 Å². The van der Waals surface area contributed by atoms with Crippen molar-refractivity contribution in [1.29, 1.82) is 0 Å². The molecule has 1 aromatic carbocycles. The molecule has 0 saturated heterocycles. The summed E-state index contributed by atoms with van der Waals surface area (Å²) in [6.07, 6.45) is 0.923. The number of carbonyl (C=O) groups excluding carboxylic acids is 1. The summed E-state index contributed by atoms with van der Waals surface area (Å²) in [5.41, 5.74) is -0.669. The highest BCUT2D eigenvalue weighted by Gasteiger charge is 2.48. The summed E-state index contributed by atoms with van der Waals surface area (Å²) < 4.78 is 51.1. The van der Waals surface area contributed by atoms with Gasteiger partial charge in [0.1, 0.15) is 5.82 Å². The number of alkyl halides is 3. The Morgan fingerprint density at radius 2 is 1.96 bits per heavy atom. The highest BCUT2D eigenvalue weighted by atomic mass is 19.4. The van der Waals surface area contributed by atoms with E-state index in [2.05, 4.69) is 10.6 Å². The van der Waals surface area contributed by atoms with Crippen LogP contribution in [0.5, 0.6) is 0 Å². The summed E-state index contributed by atoms with van der Waals surface area (Å²) in [5.74, 6) is -1.31. The lowest BCUT2D eigenvalue weighted by molar-refractivity contribution is -0.140. The van der Waals surface area contributed by atoms with Crippen molar-refractivity contribution in [3.63, 3.8) is 0 Å². The second-order valence-electron chi connectivity index (χ2n) is 6.60. The number of rotatable bonds is 3. The Morgan fingerprint density at radius 3 is 2.52 bits per heavy atom. The molecule has 126 valence electrons. The van der Waals surface area contributed by atoms with E-state index in [1.54, 1.807) is 0 Å². The van der Waals surface area contributed by atoms with Crippen LogP contribution >= 0.6 is 0 Å². The number of nitrogens with one attached hydrogen (secondary N) is 2. The molecule has 23 heavy (non-hydrogen) atoms. The van der Waals surface area contributed by atoms with Crippen LogP contribution in [0.3, 0.4) is 0 Å². The highest BCUT2D eigenvalue weighted by Crippen LogP contribution is 2.55. The molecule has 0 radical (unpaired) electrons. The molecule has 0 heterocycles. The highest BCUT2D eigenvalue weighted by molar-refractivity contribution is 5.74. The number of amides is 2. The molecule has 3 rings (SSSR count). The summed E-state index contributed by atoms with van der Waals surface area (Å²) >= 11 is 0. The largest absolute Gasteiger partial charge is 0.419 e. The van der Waals surface area contributed by atoms with E-state index in [0.717, 1.165) is 25.0 Å². The molecule has 3 nitrogen and oxygen atoms in total. The van der Waals surface area contributed by atoms with Crippen LogP contribution in [0.15, 0.2) is 18.2 Å². The Balaban J connectivity index is 1.49. The third-order valence-corrected chi connectivity index (χ3v) is 4.90. The van der Waals surface area contributed by atoms with E-state index >= 15 is 0 Å². The van der Waals surface area contributed by atoms with Crippen molar-refractivity contribution in [3.05, 3.63) is 35.1 Å². The zero-order chi connectivity index (χ0) is 16.7. The van der Waals surface area contributed by atoms with Crippen LogP contribution in [0.2, 0.25) is 0 Å². The van der Waals surface area contributed by atoms with E-state index in [1.807, 2.05) is 0 Å². The van der Waals surface area contributed by atoms with Crippen LogP contribution in [0, 0.1) is 11.2 Å². The van der Waals surface area contributed by atoms with E-state index in [9.17, 15) is 22.4 Å². The van der Waals surface area contributed by atoms with Gasteiger partial charge >= 0.3 is 12.2 Å². The van der Waals surface area contributed by atoms with E-state index < -0.39 is 23.6 Å². The first-order valence-electron chi connectivity index (χ1n) is 7.67. The van der Waals surface area contributed by atoms with Gasteiger partial charge in [-0.25, -0.2) is 9.18 Å². The first kappa shape index (κ1) is 16.1. The minimum atomic E-state index is -4.74. The Bertz CT molecular complexity index is 603. The van der Waals surface area contributed by atoms with Gasteiger partial charge in [-0.2, -0.15) is 13.2 Å². The number of carbonyl (C=O) groups is 1. The average molecular weight is 330 g/mol. The van der Waals surface area contributed by atoms with E-state index in [4.69, 9.17) is 0 Å². The van der Waals surface area contributed by atoms with Crippen LogP contribution in [0.1, 0.15) is 43.2 Å². The zero-order valence-electron chi connectivity index (χ0n) is 12.5. The molecule has 0 atom stereocenters. The van der Waals surface area contributed by atoms with Crippen molar-refractivity contribution in [2.45, 2.75) is 50.9 Å². The molecular weight excluding hydrogens is 312 g/mol. The van der Waals surface area contributed by atoms with Crippen LogP contribution in [0.4, 0.5) is 22.4 Å². The van der Waals surface area contributed by atoms with Gasteiger partial charge in [-0.1, -0.05) is 12.5 Å². The predicted octanol–water partition coefficient (Wildman–Crippen LogP) is 3.98. The van der Waals surface area contributed by atoms with Crippen molar-refractivity contribution in [2.24, 2.45) is 5.41 Å². The fourth-order valence-corrected chi connectivity index (χ4v) is 3.49. The van der Waals surface area contributed by atoms with Gasteiger partial charge in [-0.05, 0) is 48.8 Å². The molecule has 0 bridgehead atoms. The number of hydrogen-bond donors (Lipinski definition) is 2. The first-order valence-corrected chi connectivity index (χ1v) is 7.67. The smallest absolute Gasteiger partial charge is 0.335 e. The molecule has 2 N–H and O–H groups in total. The zero-order valence-corrected chi connectivity index (χ0v) is 12.5. The molecular formula is C16H18F4N2O. The molecule has 2 fully saturated rings. The topological polar surface area (TPSA) is 41.1 Å². The maximum Gasteiger partial charge on any atom is 0.419 e. The quantitative estimate of drug-likeness (QED) is 0.809. The molecule has 2 amide bonds. The summed E-state index contributed by atoms with van der Waals surface area (Å²) in [7, 11) is 0. The van der Waals surface area contributed by atoms with Gasteiger partial charge < -0.3 is 10.6 Å². The summed E-state index contributed by atoms with van der Waals surface area (Å²) in [6, 6.07) is 2.47. The minimum Gasteiger partial charge on any atom is -0.335 e. The minimum absolute atomic E-state index is 0.0763. The molecule has 7 heteroatoms. The summed E-state index contributed by atoms with van der Waals surface area (Å²) in [4.78, 5) is 11.8.